The predicted octanol–water partition coefficient (Wildman–Crippen LogP) is 4.72. The summed E-state index contributed by atoms with van der Waals surface area (Å²) in [6.07, 6.45) is 2.14. The Morgan fingerprint density at radius 1 is 1.12 bits per heavy atom. The SMILES string of the molecule is C=C(Nc1ccc(Cl)cc1)N1CCC(COc2ccc(O)cc2)CC1. The fourth-order valence-corrected chi connectivity index (χ4v) is 3.03. The molecule has 3 rings (SSSR count). The number of phenols is 1. The molecule has 4 nitrogen and oxygen atoms in total. The Morgan fingerprint density at radius 3 is 2.40 bits per heavy atom. The van der Waals surface area contributed by atoms with Gasteiger partial charge in [0.2, 0.25) is 0 Å². The van der Waals surface area contributed by atoms with Gasteiger partial charge in [-0.25, -0.2) is 0 Å². The summed E-state index contributed by atoms with van der Waals surface area (Å²) < 4.78 is 5.82. The number of likely N-dealkylation sites (tertiary alicyclic amines) is 1. The molecular formula is C20H23ClN2O2. The van der Waals surface area contributed by atoms with Crippen molar-refractivity contribution in [3.8, 4) is 11.5 Å². The fourth-order valence-electron chi connectivity index (χ4n) is 2.90. The summed E-state index contributed by atoms with van der Waals surface area (Å²) in [6.45, 7) is 6.78. The molecule has 1 aliphatic heterocycles. The van der Waals surface area contributed by atoms with Crippen LogP contribution in [0.25, 0.3) is 0 Å². The largest absolute Gasteiger partial charge is 0.508 e. The van der Waals surface area contributed by atoms with Crippen molar-refractivity contribution in [2.24, 2.45) is 5.92 Å². The number of nitrogens with one attached hydrogen (secondary N) is 1. The van der Waals surface area contributed by atoms with Crippen molar-refractivity contribution in [2.45, 2.75) is 12.8 Å². The van der Waals surface area contributed by atoms with E-state index in [4.69, 9.17) is 16.3 Å². The summed E-state index contributed by atoms with van der Waals surface area (Å²) in [7, 11) is 0. The molecule has 0 unspecified atom stereocenters. The van der Waals surface area contributed by atoms with Gasteiger partial charge in [0, 0.05) is 23.8 Å². The van der Waals surface area contributed by atoms with Crippen LogP contribution in [-0.2, 0) is 0 Å². The van der Waals surface area contributed by atoms with Crippen molar-refractivity contribution in [1.29, 1.82) is 0 Å². The van der Waals surface area contributed by atoms with Crippen LogP contribution in [0.5, 0.6) is 11.5 Å². The van der Waals surface area contributed by atoms with Crippen LogP contribution in [-0.4, -0.2) is 29.7 Å². The van der Waals surface area contributed by atoms with Crippen molar-refractivity contribution in [1.82, 2.24) is 4.90 Å². The van der Waals surface area contributed by atoms with E-state index in [2.05, 4.69) is 16.8 Å². The van der Waals surface area contributed by atoms with E-state index in [9.17, 15) is 5.11 Å². The van der Waals surface area contributed by atoms with Gasteiger partial charge in [-0.2, -0.15) is 0 Å². The third-order valence-electron chi connectivity index (χ3n) is 4.45. The van der Waals surface area contributed by atoms with Crippen LogP contribution in [0.2, 0.25) is 5.02 Å². The smallest absolute Gasteiger partial charge is 0.119 e. The Kier molecular flexibility index (Phi) is 5.71. The highest BCUT2D eigenvalue weighted by molar-refractivity contribution is 6.30. The topological polar surface area (TPSA) is 44.7 Å². The lowest BCUT2D eigenvalue weighted by atomic mass is 9.98. The second-order valence-electron chi connectivity index (χ2n) is 6.31. The first-order chi connectivity index (χ1) is 12.1. The molecule has 1 fully saturated rings. The van der Waals surface area contributed by atoms with Gasteiger partial charge in [-0.3, -0.25) is 0 Å². The number of phenolic OH excluding ortho intramolecular Hbond substituents is 1. The maximum Gasteiger partial charge on any atom is 0.119 e. The summed E-state index contributed by atoms with van der Waals surface area (Å²) >= 11 is 5.91. The fraction of sp³-hybridized carbons (Fsp3) is 0.300. The normalized spacial score (nSPS) is 15.0. The van der Waals surface area contributed by atoms with E-state index >= 15 is 0 Å². The number of anilines is 1. The number of hydrogen-bond donors (Lipinski definition) is 2. The van der Waals surface area contributed by atoms with E-state index in [0.29, 0.717) is 12.5 Å². The summed E-state index contributed by atoms with van der Waals surface area (Å²) in [5.74, 6) is 2.51. The first-order valence-electron chi connectivity index (χ1n) is 8.48. The van der Waals surface area contributed by atoms with Gasteiger partial charge in [0.15, 0.2) is 0 Å². The molecule has 0 aromatic heterocycles. The zero-order chi connectivity index (χ0) is 17.6. The summed E-state index contributed by atoms with van der Waals surface area (Å²) in [5, 5.41) is 13.4. The minimum Gasteiger partial charge on any atom is -0.508 e. The molecule has 2 aromatic rings. The molecule has 2 N–H and O–H groups in total. The van der Waals surface area contributed by atoms with E-state index in [1.54, 1.807) is 24.3 Å². The van der Waals surface area contributed by atoms with Gasteiger partial charge in [-0.05, 0) is 67.3 Å². The minimum atomic E-state index is 0.257. The van der Waals surface area contributed by atoms with Crippen LogP contribution in [0.1, 0.15) is 12.8 Å². The van der Waals surface area contributed by atoms with Gasteiger partial charge in [0.25, 0.3) is 0 Å². The molecule has 132 valence electrons. The number of hydrogen-bond acceptors (Lipinski definition) is 4. The second-order valence-corrected chi connectivity index (χ2v) is 6.75. The van der Waals surface area contributed by atoms with Crippen LogP contribution in [0, 0.1) is 5.92 Å². The molecule has 1 saturated heterocycles. The molecule has 0 spiro atoms. The Balaban J connectivity index is 1.42. The number of benzene rings is 2. The zero-order valence-corrected chi connectivity index (χ0v) is 14.9. The van der Waals surface area contributed by atoms with Gasteiger partial charge in [0.05, 0.1) is 12.4 Å². The highest BCUT2D eigenvalue weighted by Gasteiger charge is 2.20. The van der Waals surface area contributed by atoms with Crippen molar-refractivity contribution < 1.29 is 9.84 Å². The average molecular weight is 359 g/mol. The minimum absolute atomic E-state index is 0.257. The lowest BCUT2D eigenvalue weighted by molar-refractivity contribution is 0.165. The maximum atomic E-state index is 9.29. The molecule has 0 aliphatic carbocycles. The van der Waals surface area contributed by atoms with E-state index in [0.717, 1.165) is 48.2 Å². The van der Waals surface area contributed by atoms with E-state index < -0.39 is 0 Å². The number of rotatable bonds is 6. The number of aromatic hydroxyl groups is 1. The number of piperidine rings is 1. The predicted molar refractivity (Wildman–Crippen MR) is 102 cm³/mol. The van der Waals surface area contributed by atoms with E-state index in [1.807, 2.05) is 24.3 Å². The lowest BCUT2D eigenvalue weighted by Gasteiger charge is -2.34. The monoisotopic (exact) mass is 358 g/mol. The lowest BCUT2D eigenvalue weighted by Crippen LogP contribution is -2.36. The summed E-state index contributed by atoms with van der Waals surface area (Å²) in [6, 6.07) is 14.5. The molecule has 0 bridgehead atoms. The Bertz CT molecular complexity index is 693. The molecule has 0 radical (unpaired) electrons. The number of ether oxygens (including phenoxy) is 1. The molecule has 0 amide bonds. The van der Waals surface area contributed by atoms with Gasteiger partial charge < -0.3 is 20.1 Å². The molecule has 0 saturated carbocycles. The number of halogens is 1. The molecule has 5 heteroatoms. The quantitative estimate of drug-likeness (QED) is 0.784. The molecule has 1 aliphatic rings. The maximum absolute atomic E-state index is 9.29. The van der Waals surface area contributed by atoms with Crippen molar-refractivity contribution in [3.05, 3.63) is 66.0 Å². The van der Waals surface area contributed by atoms with Gasteiger partial charge in [-0.1, -0.05) is 18.2 Å². The van der Waals surface area contributed by atoms with Crippen molar-refractivity contribution >= 4 is 17.3 Å². The van der Waals surface area contributed by atoms with E-state index in [-0.39, 0.29) is 5.75 Å². The Morgan fingerprint density at radius 2 is 1.76 bits per heavy atom. The first kappa shape index (κ1) is 17.5. The highest BCUT2D eigenvalue weighted by Crippen LogP contribution is 2.23. The van der Waals surface area contributed by atoms with Crippen LogP contribution >= 0.6 is 11.6 Å². The molecule has 0 atom stereocenters. The van der Waals surface area contributed by atoms with Crippen molar-refractivity contribution in [2.75, 3.05) is 25.0 Å². The van der Waals surface area contributed by atoms with E-state index in [1.165, 1.54) is 0 Å². The molecule has 25 heavy (non-hydrogen) atoms. The molecular weight excluding hydrogens is 336 g/mol. The van der Waals surface area contributed by atoms with Gasteiger partial charge in [-0.15, -0.1) is 0 Å². The van der Waals surface area contributed by atoms with Gasteiger partial charge in [0.1, 0.15) is 11.5 Å². The van der Waals surface area contributed by atoms with Crippen LogP contribution in [0.4, 0.5) is 5.69 Å². The van der Waals surface area contributed by atoms with Crippen LogP contribution in [0.15, 0.2) is 60.9 Å². The molecule has 2 aromatic carbocycles. The Hall–Kier alpha value is -2.33. The van der Waals surface area contributed by atoms with Gasteiger partial charge >= 0.3 is 0 Å². The second kappa shape index (κ2) is 8.17. The third-order valence-corrected chi connectivity index (χ3v) is 4.70. The Labute approximate surface area is 153 Å². The third kappa shape index (κ3) is 5.07. The standard InChI is InChI=1S/C20H23ClN2O2/c1-15(22-18-4-2-17(21)3-5-18)23-12-10-16(11-13-23)14-25-20-8-6-19(24)7-9-20/h2-9,16,22,24H,1,10-14H2. The van der Waals surface area contributed by atoms with Crippen LogP contribution < -0.4 is 10.1 Å². The van der Waals surface area contributed by atoms with Crippen LogP contribution in [0.3, 0.4) is 0 Å². The molecule has 1 heterocycles. The first-order valence-corrected chi connectivity index (χ1v) is 8.86. The zero-order valence-electron chi connectivity index (χ0n) is 14.1. The number of nitrogens with zero attached hydrogens (tertiary/aromatic N) is 1. The highest BCUT2D eigenvalue weighted by atomic mass is 35.5. The average Bonchev–Trinajstić information content (AvgIpc) is 2.63. The summed E-state index contributed by atoms with van der Waals surface area (Å²) in [5.41, 5.74) is 0.993. The summed E-state index contributed by atoms with van der Waals surface area (Å²) in [4.78, 5) is 2.27. The van der Waals surface area contributed by atoms with Crippen molar-refractivity contribution in [3.63, 3.8) is 0 Å².